The first-order chi connectivity index (χ1) is 21.9. The van der Waals surface area contributed by atoms with Gasteiger partial charge in [-0.2, -0.15) is 0 Å². The second-order valence-electron chi connectivity index (χ2n) is 10.9. The van der Waals surface area contributed by atoms with E-state index in [4.69, 9.17) is 18.9 Å². The highest BCUT2D eigenvalue weighted by Gasteiger charge is 2.38. The van der Waals surface area contributed by atoms with Gasteiger partial charge in [-0.3, -0.25) is 14.6 Å². The lowest BCUT2D eigenvalue weighted by atomic mass is 9.76. The summed E-state index contributed by atoms with van der Waals surface area (Å²) in [6.07, 6.45) is 7.85. The SMILES string of the molecule is COc1cc2nccc(Oc3ccc(NC(=O)C4=CNC=C(c5ccc(C)cc5)C4C(=O)C4CCOCC4)nc3)c2cc1OC. The van der Waals surface area contributed by atoms with Gasteiger partial charge in [-0.05, 0) is 55.2 Å². The summed E-state index contributed by atoms with van der Waals surface area (Å²) >= 11 is 0. The largest absolute Gasteiger partial charge is 0.493 e. The number of ketones is 1. The van der Waals surface area contributed by atoms with Gasteiger partial charge in [0.2, 0.25) is 0 Å². The van der Waals surface area contributed by atoms with Gasteiger partial charge in [0.05, 0.1) is 31.9 Å². The monoisotopic (exact) mass is 606 g/mol. The first kappa shape index (κ1) is 29.8. The number of hydrogen-bond acceptors (Lipinski definition) is 9. The van der Waals surface area contributed by atoms with E-state index in [1.165, 1.54) is 6.20 Å². The number of ether oxygens (including phenoxy) is 4. The first-order valence-electron chi connectivity index (χ1n) is 14.8. The van der Waals surface area contributed by atoms with Crippen LogP contribution < -0.4 is 24.8 Å². The van der Waals surface area contributed by atoms with E-state index in [2.05, 4.69) is 20.6 Å². The van der Waals surface area contributed by atoms with Gasteiger partial charge in [-0.1, -0.05) is 29.8 Å². The van der Waals surface area contributed by atoms with Crippen LogP contribution in [0, 0.1) is 18.8 Å². The lowest BCUT2D eigenvalue weighted by Gasteiger charge is -2.30. The van der Waals surface area contributed by atoms with Crippen molar-refractivity contribution in [2.45, 2.75) is 19.8 Å². The maximum absolute atomic E-state index is 14.0. The first-order valence-corrected chi connectivity index (χ1v) is 14.8. The number of nitrogens with one attached hydrogen (secondary N) is 2. The van der Waals surface area contributed by atoms with Crippen LogP contribution in [0.3, 0.4) is 0 Å². The maximum atomic E-state index is 14.0. The van der Waals surface area contributed by atoms with Crippen LogP contribution in [0.4, 0.5) is 5.82 Å². The van der Waals surface area contributed by atoms with Crippen molar-refractivity contribution in [2.75, 3.05) is 32.8 Å². The summed E-state index contributed by atoms with van der Waals surface area (Å²) in [5.41, 5.74) is 3.77. The number of Topliss-reactive ketones (excluding diaryl/α,β-unsaturated/α-hetero) is 1. The fourth-order valence-corrected chi connectivity index (χ4v) is 5.64. The van der Waals surface area contributed by atoms with E-state index in [1.54, 1.807) is 50.9 Å². The zero-order valence-electron chi connectivity index (χ0n) is 25.3. The molecule has 2 aliphatic heterocycles. The van der Waals surface area contributed by atoms with E-state index in [-0.39, 0.29) is 11.7 Å². The normalized spacial score (nSPS) is 16.6. The van der Waals surface area contributed by atoms with Crippen molar-refractivity contribution < 1.29 is 28.5 Å². The van der Waals surface area contributed by atoms with Crippen LogP contribution in [0.1, 0.15) is 24.0 Å². The second-order valence-corrected chi connectivity index (χ2v) is 10.9. The highest BCUT2D eigenvalue weighted by molar-refractivity contribution is 6.12. The summed E-state index contributed by atoms with van der Waals surface area (Å²) in [7, 11) is 3.14. The highest BCUT2D eigenvalue weighted by Crippen LogP contribution is 2.38. The van der Waals surface area contributed by atoms with Crippen molar-refractivity contribution in [3.8, 4) is 23.0 Å². The summed E-state index contributed by atoms with van der Waals surface area (Å²) in [6.45, 7) is 3.08. The fraction of sp³-hybridized carbons (Fsp3) is 0.257. The van der Waals surface area contributed by atoms with Gasteiger partial charge in [0.15, 0.2) is 11.5 Å². The Bertz CT molecular complexity index is 1780. The molecule has 0 radical (unpaired) electrons. The lowest BCUT2D eigenvalue weighted by Crippen LogP contribution is -2.36. The number of aromatic nitrogens is 2. The number of carbonyl (C=O) groups excluding carboxylic acids is 2. The molecule has 0 saturated carbocycles. The Morgan fingerprint density at radius 2 is 1.67 bits per heavy atom. The number of methoxy groups -OCH3 is 2. The molecule has 2 aliphatic rings. The molecule has 4 aromatic rings. The summed E-state index contributed by atoms with van der Waals surface area (Å²) < 4.78 is 22.5. The highest BCUT2D eigenvalue weighted by atomic mass is 16.5. The van der Waals surface area contributed by atoms with Crippen molar-refractivity contribution in [3.05, 3.63) is 96.1 Å². The standard InChI is InChI=1S/C35H34N4O6/c1-21-4-6-22(7-5-21)26-19-36-20-27(33(26)34(40)23-11-14-44-15-12-23)35(41)39-32-9-8-24(18-38-32)45-29-10-13-37-28-17-31(43-3)30(42-2)16-25(28)29/h4-10,13,16-20,23,33,36H,11-12,14-15H2,1-3H3,(H,38,39,41). The molecule has 1 amide bonds. The number of rotatable bonds is 9. The average molecular weight is 607 g/mol. The van der Waals surface area contributed by atoms with Gasteiger partial charge in [0, 0.05) is 54.8 Å². The molecule has 6 rings (SSSR count). The van der Waals surface area contributed by atoms with Crippen molar-refractivity contribution in [1.82, 2.24) is 15.3 Å². The van der Waals surface area contributed by atoms with E-state index in [9.17, 15) is 9.59 Å². The molecule has 230 valence electrons. The number of anilines is 1. The molecule has 10 heteroatoms. The third kappa shape index (κ3) is 6.37. The summed E-state index contributed by atoms with van der Waals surface area (Å²) in [5.74, 6) is 1.16. The lowest BCUT2D eigenvalue weighted by molar-refractivity contribution is -0.128. The minimum atomic E-state index is -0.727. The average Bonchev–Trinajstić information content (AvgIpc) is 3.08. The van der Waals surface area contributed by atoms with Gasteiger partial charge in [0.1, 0.15) is 23.1 Å². The van der Waals surface area contributed by atoms with Gasteiger partial charge < -0.3 is 29.6 Å². The minimum absolute atomic E-state index is 0.0172. The zero-order chi connectivity index (χ0) is 31.3. The Labute approximate surface area is 261 Å². The van der Waals surface area contributed by atoms with Gasteiger partial charge in [0.25, 0.3) is 5.91 Å². The summed E-state index contributed by atoms with van der Waals surface area (Å²) in [5, 5.41) is 6.70. The number of benzene rings is 2. The predicted octanol–water partition coefficient (Wildman–Crippen LogP) is 5.83. The molecular formula is C35H34N4O6. The third-order valence-corrected chi connectivity index (χ3v) is 8.07. The Morgan fingerprint density at radius 3 is 2.38 bits per heavy atom. The molecule has 0 bridgehead atoms. The molecule has 2 aromatic carbocycles. The summed E-state index contributed by atoms with van der Waals surface area (Å²) in [4.78, 5) is 36.5. The number of dihydropyridines is 1. The van der Waals surface area contributed by atoms with Gasteiger partial charge in [-0.15, -0.1) is 0 Å². The molecule has 1 saturated heterocycles. The van der Waals surface area contributed by atoms with Gasteiger partial charge >= 0.3 is 0 Å². The smallest absolute Gasteiger partial charge is 0.255 e. The molecule has 45 heavy (non-hydrogen) atoms. The van der Waals surface area contributed by atoms with Gasteiger partial charge in [-0.25, -0.2) is 4.98 Å². The number of allylic oxidation sites excluding steroid dienone is 1. The quantitative estimate of drug-likeness (QED) is 0.243. The van der Waals surface area contributed by atoms with Crippen molar-refractivity contribution >= 4 is 34.0 Å². The summed E-state index contributed by atoms with van der Waals surface area (Å²) in [6, 6.07) is 16.7. The van der Waals surface area contributed by atoms with Crippen molar-refractivity contribution in [2.24, 2.45) is 11.8 Å². The number of hydrogen-bond donors (Lipinski definition) is 2. The van der Waals surface area contributed by atoms with Crippen LogP contribution in [0.2, 0.25) is 0 Å². The van der Waals surface area contributed by atoms with E-state index >= 15 is 0 Å². The Morgan fingerprint density at radius 1 is 0.911 bits per heavy atom. The fourth-order valence-electron chi connectivity index (χ4n) is 5.64. The number of pyridine rings is 2. The Kier molecular flexibility index (Phi) is 8.74. The number of carbonyl (C=O) groups is 2. The number of fused-ring (bicyclic) bond motifs is 1. The molecule has 4 heterocycles. The van der Waals surface area contributed by atoms with Crippen LogP contribution in [-0.4, -0.2) is 49.1 Å². The molecule has 10 nitrogen and oxygen atoms in total. The minimum Gasteiger partial charge on any atom is -0.493 e. The molecule has 2 N–H and O–H groups in total. The van der Waals surface area contributed by atoms with Crippen LogP contribution in [0.5, 0.6) is 23.0 Å². The second kappa shape index (κ2) is 13.2. The van der Waals surface area contributed by atoms with Crippen molar-refractivity contribution in [3.63, 3.8) is 0 Å². The molecule has 1 fully saturated rings. The topological polar surface area (TPSA) is 121 Å². The Hall–Kier alpha value is -5.22. The van der Waals surface area contributed by atoms with Crippen molar-refractivity contribution in [1.29, 1.82) is 0 Å². The van der Waals surface area contributed by atoms with Crippen LogP contribution in [0.15, 0.2) is 85.0 Å². The number of amides is 1. The van der Waals surface area contributed by atoms with E-state index in [1.807, 2.05) is 43.5 Å². The predicted molar refractivity (Wildman–Crippen MR) is 170 cm³/mol. The molecule has 1 unspecified atom stereocenters. The third-order valence-electron chi connectivity index (χ3n) is 8.07. The molecule has 2 aromatic heterocycles. The van der Waals surface area contributed by atoms with E-state index in [0.717, 1.165) is 22.1 Å². The Balaban J connectivity index is 1.21. The number of nitrogens with zero attached hydrogens (tertiary/aromatic N) is 2. The van der Waals surface area contributed by atoms with Crippen LogP contribution in [-0.2, 0) is 14.3 Å². The molecular weight excluding hydrogens is 572 g/mol. The maximum Gasteiger partial charge on any atom is 0.255 e. The number of aryl methyl sites for hydroxylation is 1. The van der Waals surface area contributed by atoms with E-state index in [0.29, 0.717) is 66.0 Å². The van der Waals surface area contributed by atoms with E-state index < -0.39 is 11.8 Å². The molecule has 0 aliphatic carbocycles. The van der Waals surface area contributed by atoms with Crippen LogP contribution >= 0.6 is 0 Å². The molecule has 1 atom stereocenters. The van der Waals surface area contributed by atoms with Crippen LogP contribution in [0.25, 0.3) is 16.5 Å². The molecule has 0 spiro atoms. The zero-order valence-corrected chi connectivity index (χ0v) is 25.3.